The van der Waals surface area contributed by atoms with E-state index in [0.29, 0.717) is 6.42 Å². The lowest BCUT2D eigenvalue weighted by Gasteiger charge is -2.29. The molecule has 3 nitrogen and oxygen atoms in total. The van der Waals surface area contributed by atoms with E-state index in [1.54, 1.807) is 6.92 Å². The van der Waals surface area contributed by atoms with Crippen LogP contribution in [-0.2, 0) is 4.79 Å². The van der Waals surface area contributed by atoms with Crippen LogP contribution in [0.3, 0.4) is 0 Å². The smallest absolute Gasteiger partial charge is 0.320 e. The summed E-state index contributed by atoms with van der Waals surface area (Å²) in [6.07, 6.45) is -1.85. The van der Waals surface area contributed by atoms with E-state index in [-0.39, 0.29) is 12.8 Å². The number of aliphatic carboxylic acids is 1. The number of hydrogen-bond acceptors (Lipinski definition) is 2. The topological polar surface area (TPSA) is 63.3 Å². The minimum Gasteiger partial charge on any atom is -0.480 e. The highest BCUT2D eigenvalue weighted by Crippen LogP contribution is 2.35. The maximum Gasteiger partial charge on any atom is 0.320 e. The first-order chi connectivity index (χ1) is 6.33. The van der Waals surface area contributed by atoms with Crippen LogP contribution in [0.15, 0.2) is 0 Å². The van der Waals surface area contributed by atoms with Crippen molar-refractivity contribution in [3.63, 3.8) is 0 Å². The summed E-state index contributed by atoms with van der Waals surface area (Å²) in [5.41, 5.74) is 3.95. The molecule has 0 aromatic heterocycles. The molecule has 2 atom stereocenters. The molecule has 0 bridgehead atoms. The van der Waals surface area contributed by atoms with E-state index < -0.39 is 23.9 Å². The fraction of sp³-hybridized carbons (Fsp3) is 0.889. The quantitative estimate of drug-likeness (QED) is 0.701. The summed E-state index contributed by atoms with van der Waals surface area (Å²) in [6, 6.07) is -1.21. The second-order valence-corrected chi connectivity index (χ2v) is 3.85. The molecule has 0 aromatic carbocycles. The normalized spacial score (nSPS) is 17.9. The van der Waals surface area contributed by atoms with Gasteiger partial charge in [0.1, 0.15) is 6.04 Å². The summed E-state index contributed by atoms with van der Waals surface area (Å²) < 4.78 is 25.3. The molecule has 0 aromatic rings. The van der Waals surface area contributed by atoms with Gasteiger partial charge in [0.15, 0.2) is 0 Å². The molecule has 84 valence electrons. The van der Waals surface area contributed by atoms with Gasteiger partial charge in [-0.25, -0.2) is 8.78 Å². The van der Waals surface area contributed by atoms with Gasteiger partial charge in [0.2, 0.25) is 6.43 Å². The van der Waals surface area contributed by atoms with Crippen LogP contribution in [-0.4, -0.2) is 23.5 Å². The average Bonchev–Trinajstić information content (AvgIpc) is 2.03. The molecule has 5 heteroatoms. The largest absolute Gasteiger partial charge is 0.480 e. The van der Waals surface area contributed by atoms with Crippen LogP contribution in [0, 0.1) is 5.41 Å². The molecular weight excluding hydrogens is 192 g/mol. The number of hydrogen-bond donors (Lipinski definition) is 2. The third kappa shape index (κ3) is 3.57. The Morgan fingerprint density at radius 2 is 2.07 bits per heavy atom. The third-order valence-electron chi connectivity index (χ3n) is 2.35. The van der Waals surface area contributed by atoms with Crippen LogP contribution in [0.2, 0.25) is 0 Å². The van der Waals surface area contributed by atoms with Gasteiger partial charge >= 0.3 is 5.97 Å². The van der Waals surface area contributed by atoms with Crippen LogP contribution in [0.4, 0.5) is 8.78 Å². The van der Waals surface area contributed by atoms with E-state index in [0.717, 1.165) is 0 Å². The summed E-state index contributed by atoms with van der Waals surface area (Å²) in [5, 5.41) is 8.53. The van der Waals surface area contributed by atoms with E-state index in [1.807, 2.05) is 0 Å². The van der Waals surface area contributed by atoms with Gasteiger partial charge < -0.3 is 10.8 Å². The van der Waals surface area contributed by atoms with Crippen LogP contribution in [0.1, 0.15) is 33.1 Å². The van der Waals surface area contributed by atoms with Crippen molar-refractivity contribution in [3.05, 3.63) is 0 Å². The van der Waals surface area contributed by atoms with Gasteiger partial charge in [-0.3, -0.25) is 4.79 Å². The molecule has 1 unspecified atom stereocenters. The number of alkyl halides is 2. The van der Waals surface area contributed by atoms with Crippen molar-refractivity contribution in [2.24, 2.45) is 11.1 Å². The first-order valence-electron chi connectivity index (χ1n) is 4.60. The second kappa shape index (κ2) is 5.24. The molecule has 0 spiro atoms. The van der Waals surface area contributed by atoms with Crippen molar-refractivity contribution in [3.8, 4) is 0 Å². The Kier molecular flexibility index (Phi) is 4.97. The monoisotopic (exact) mass is 209 g/mol. The highest BCUT2D eigenvalue weighted by atomic mass is 19.3. The van der Waals surface area contributed by atoms with E-state index >= 15 is 0 Å². The van der Waals surface area contributed by atoms with Gasteiger partial charge in [0.05, 0.1) is 0 Å². The predicted molar refractivity (Wildman–Crippen MR) is 49.2 cm³/mol. The molecular formula is C9H17F2NO2. The van der Waals surface area contributed by atoms with Gasteiger partial charge in [0.25, 0.3) is 0 Å². The summed E-state index contributed by atoms with van der Waals surface area (Å²) in [7, 11) is 0. The molecule has 0 fully saturated rings. The zero-order chi connectivity index (χ0) is 11.4. The number of carboxylic acid groups (broad SMARTS) is 1. The molecule has 0 radical (unpaired) electrons. The van der Waals surface area contributed by atoms with E-state index in [4.69, 9.17) is 10.8 Å². The second-order valence-electron chi connectivity index (χ2n) is 3.85. The summed E-state index contributed by atoms with van der Waals surface area (Å²) in [4.78, 5) is 10.4. The lowest BCUT2D eigenvalue weighted by atomic mass is 9.80. The van der Waals surface area contributed by atoms with E-state index in [9.17, 15) is 13.6 Å². The molecule has 0 heterocycles. The zero-order valence-corrected chi connectivity index (χ0v) is 8.46. The van der Waals surface area contributed by atoms with Gasteiger partial charge in [-0.2, -0.15) is 0 Å². The Balaban J connectivity index is 4.43. The molecule has 0 aliphatic heterocycles. The number of halogens is 2. The van der Waals surface area contributed by atoms with Gasteiger partial charge in [-0.05, 0) is 12.8 Å². The highest BCUT2D eigenvalue weighted by molar-refractivity contribution is 5.73. The minimum atomic E-state index is -2.53. The Morgan fingerprint density at radius 1 is 1.57 bits per heavy atom. The van der Waals surface area contributed by atoms with Crippen LogP contribution in [0.25, 0.3) is 0 Å². The van der Waals surface area contributed by atoms with Gasteiger partial charge in [-0.15, -0.1) is 0 Å². The standard InChI is InChI=1S/C9H17F2NO2/c1-3-4-9(2,8(10)11)5-6(12)7(13)14/h6,8H,3-5,12H2,1-2H3,(H,13,14)/t6?,9-/m0/s1. The van der Waals surface area contributed by atoms with Crippen LogP contribution in [0.5, 0.6) is 0 Å². The zero-order valence-electron chi connectivity index (χ0n) is 8.46. The van der Waals surface area contributed by atoms with E-state index in [2.05, 4.69) is 0 Å². The van der Waals surface area contributed by atoms with Gasteiger partial charge in [0, 0.05) is 5.41 Å². The fourth-order valence-corrected chi connectivity index (χ4v) is 1.46. The molecule has 0 saturated carbocycles. The molecule has 0 saturated heterocycles. The maximum absolute atomic E-state index is 12.6. The number of nitrogens with two attached hydrogens (primary N) is 1. The van der Waals surface area contributed by atoms with Crippen molar-refractivity contribution in [1.82, 2.24) is 0 Å². The van der Waals surface area contributed by atoms with Crippen molar-refractivity contribution in [2.45, 2.75) is 45.6 Å². The van der Waals surface area contributed by atoms with E-state index in [1.165, 1.54) is 6.92 Å². The summed E-state index contributed by atoms with van der Waals surface area (Å²) in [6.45, 7) is 3.16. The minimum absolute atomic E-state index is 0.187. The SMILES string of the molecule is CCC[C@@](C)(CC(N)C(=O)O)C(F)F. The molecule has 0 aliphatic rings. The number of carboxylic acids is 1. The molecule has 3 N–H and O–H groups in total. The Labute approximate surface area is 82.3 Å². The summed E-state index contributed by atoms with van der Waals surface area (Å²) >= 11 is 0. The van der Waals surface area contributed by atoms with Crippen molar-refractivity contribution in [1.29, 1.82) is 0 Å². The first kappa shape index (κ1) is 13.3. The van der Waals surface area contributed by atoms with Crippen molar-refractivity contribution >= 4 is 5.97 Å². The predicted octanol–water partition coefficient (Wildman–Crippen LogP) is 1.86. The number of rotatable bonds is 6. The van der Waals surface area contributed by atoms with Crippen LogP contribution >= 0.6 is 0 Å². The molecule has 0 aliphatic carbocycles. The van der Waals surface area contributed by atoms with Crippen molar-refractivity contribution < 1.29 is 18.7 Å². The fourth-order valence-electron chi connectivity index (χ4n) is 1.46. The first-order valence-corrected chi connectivity index (χ1v) is 4.60. The summed E-state index contributed by atoms with van der Waals surface area (Å²) in [5.74, 6) is -1.23. The maximum atomic E-state index is 12.6. The lowest BCUT2D eigenvalue weighted by Crippen LogP contribution is -2.39. The third-order valence-corrected chi connectivity index (χ3v) is 2.35. The Bertz CT molecular complexity index is 199. The molecule has 14 heavy (non-hydrogen) atoms. The Hall–Kier alpha value is -0.710. The van der Waals surface area contributed by atoms with Gasteiger partial charge in [-0.1, -0.05) is 20.3 Å². The van der Waals surface area contributed by atoms with Crippen LogP contribution < -0.4 is 5.73 Å². The Morgan fingerprint density at radius 3 is 2.36 bits per heavy atom. The lowest BCUT2D eigenvalue weighted by molar-refractivity contribution is -0.140. The molecule has 0 amide bonds. The van der Waals surface area contributed by atoms with Crippen molar-refractivity contribution in [2.75, 3.05) is 0 Å². The molecule has 0 rings (SSSR count). The highest BCUT2D eigenvalue weighted by Gasteiger charge is 2.37. The average molecular weight is 209 g/mol. The number of carbonyl (C=O) groups is 1.